The van der Waals surface area contributed by atoms with Crippen molar-refractivity contribution in [2.24, 2.45) is 11.8 Å². The van der Waals surface area contributed by atoms with Crippen molar-refractivity contribution in [1.29, 1.82) is 0 Å². The summed E-state index contributed by atoms with van der Waals surface area (Å²) in [5.74, 6) is -9.74. The highest BCUT2D eigenvalue weighted by molar-refractivity contribution is 6.38. The first kappa shape index (κ1) is 21.0. The van der Waals surface area contributed by atoms with E-state index in [0.29, 0.717) is 0 Å². The Bertz CT molecular complexity index is 988. The van der Waals surface area contributed by atoms with E-state index in [9.17, 15) is 28.3 Å². The van der Waals surface area contributed by atoms with E-state index in [-0.39, 0.29) is 27.9 Å². The molecule has 1 aromatic carbocycles. The number of carboxylic acids is 1. The highest BCUT2D eigenvalue weighted by Gasteiger charge is 2.74. The molecule has 7 nitrogen and oxygen atoms in total. The lowest BCUT2D eigenvalue weighted by atomic mass is 9.74. The van der Waals surface area contributed by atoms with Crippen LogP contribution in [0, 0.1) is 11.8 Å². The van der Waals surface area contributed by atoms with E-state index in [1.54, 1.807) is 0 Å². The quantitative estimate of drug-likeness (QED) is 0.529. The van der Waals surface area contributed by atoms with E-state index in [1.165, 1.54) is 18.2 Å². The second-order valence-corrected chi connectivity index (χ2v) is 8.39. The van der Waals surface area contributed by atoms with Crippen molar-refractivity contribution in [1.82, 2.24) is 4.90 Å². The lowest BCUT2D eigenvalue weighted by Gasteiger charge is -2.36. The SMILES string of the molecule is C=CCOC(=O)[C@H]1[C@@H](C(=O)O)[C@H]2CC(F)(F)CN2[C@]12C(=O)Nc1c(Cl)cc(Cl)cc12. The molecule has 0 saturated carbocycles. The third kappa shape index (κ3) is 2.75. The van der Waals surface area contributed by atoms with Gasteiger partial charge in [-0.15, -0.1) is 0 Å². The van der Waals surface area contributed by atoms with Crippen molar-refractivity contribution in [2.45, 2.75) is 23.9 Å². The number of nitrogens with zero attached hydrogens (tertiary/aromatic N) is 1. The fourth-order valence-corrected chi connectivity index (χ4v) is 5.54. The summed E-state index contributed by atoms with van der Waals surface area (Å²) in [6.07, 6.45) is 0.467. The molecule has 2 fully saturated rings. The lowest BCUT2D eigenvalue weighted by molar-refractivity contribution is -0.161. The van der Waals surface area contributed by atoms with E-state index in [2.05, 4.69) is 11.9 Å². The van der Waals surface area contributed by atoms with Gasteiger partial charge in [-0.05, 0) is 12.1 Å². The number of hydrogen-bond acceptors (Lipinski definition) is 5. The Morgan fingerprint density at radius 2 is 2.10 bits per heavy atom. The smallest absolute Gasteiger partial charge is 0.313 e. The van der Waals surface area contributed by atoms with Crippen LogP contribution in [0.4, 0.5) is 14.5 Å². The molecule has 0 aromatic heterocycles. The average Bonchev–Trinajstić information content (AvgIpc) is 3.20. The first-order chi connectivity index (χ1) is 14.0. The van der Waals surface area contributed by atoms with E-state index in [4.69, 9.17) is 27.9 Å². The molecule has 2 N–H and O–H groups in total. The summed E-state index contributed by atoms with van der Waals surface area (Å²) in [6.45, 7) is 2.30. The molecule has 0 bridgehead atoms. The van der Waals surface area contributed by atoms with Crippen LogP contribution >= 0.6 is 23.2 Å². The van der Waals surface area contributed by atoms with Gasteiger partial charge in [0, 0.05) is 23.0 Å². The lowest BCUT2D eigenvalue weighted by Crippen LogP contribution is -2.54. The Balaban J connectivity index is 1.99. The standard InChI is InChI=1S/C19H16Cl2F2N2O5/c1-2-3-30-16(28)13-12(15(26)27)11-6-18(22,23)7-25(11)19(13)9-4-8(20)5-10(21)14(9)24-17(19)29/h2,4-5,11-13H,1,3,6-7H2,(H,24,29)(H,26,27)/t11-,12+,13-,19+/m1/s1. The Morgan fingerprint density at radius 1 is 1.40 bits per heavy atom. The van der Waals surface area contributed by atoms with Gasteiger partial charge in [0.1, 0.15) is 18.1 Å². The molecule has 0 unspecified atom stereocenters. The van der Waals surface area contributed by atoms with Crippen molar-refractivity contribution in [2.75, 3.05) is 18.5 Å². The molecule has 2 saturated heterocycles. The average molecular weight is 461 g/mol. The molecule has 0 aliphatic carbocycles. The number of esters is 1. The molecule has 1 amide bonds. The van der Waals surface area contributed by atoms with Gasteiger partial charge in [-0.25, -0.2) is 8.78 Å². The summed E-state index contributed by atoms with van der Waals surface area (Å²) in [5.41, 5.74) is -1.86. The van der Waals surface area contributed by atoms with Crippen LogP contribution in [0.1, 0.15) is 12.0 Å². The van der Waals surface area contributed by atoms with Crippen LogP contribution in [-0.4, -0.2) is 53.0 Å². The molecular formula is C19H16Cl2F2N2O5. The minimum Gasteiger partial charge on any atom is -0.481 e. The number of carbonyl (C=O) groups excluding carboxylic acids is 2. The summed E-state index contributed by atoms with van der Waals surface area (Å²) < 4.78 is 33.9. The third-order valence-electron chi connectivity index (χ3n) is 5.92. The van der Waals surface area contributed by atoms with Gasteiger partial charge in [-0.1, -0.05) is 35.9 Å². The number of fused-ring (bicyclic) bond motifs is 4. The molecule has 3 aliphatic rings. The van der Waals surface area contributed by atoms with E-state index >= 15 is 0 Å². The number of benzene rings is 1. The number of carbonyl (C=O) groups is 3. The summed E-state index contributed by atoms with van der Waals surface area (Å²) in [5, 5.41) is 12.6. The Morgan fingerprint density at radius 3 is 2.73 bits per heavy atom. The van der Waals surface area contributed by atoms with Crippen LogP contribution in [0.5, 0.6) is 0 Å². The van der Waals surface area contributed by atoms with Crippen molar-refractivity contribution in [3.05, 3.63) is 40.4 Å². The van der Waals surface area contributed by atoms with Crippen molar-refractivity contribution < 1.29 is 33.0 Å². The van der Waals surface area contributed by atoms with Gasteiger partial charge in [0.2, 0.25) is 0 Å². The number of aliphatic carboxylic acids is 1. The summed E-state index contributed by atoms with van der Waals surface area (Å²) in [6, 6.07) is 1.42. The monoisotopic (exact) mass is 460 g/mol. The fraction of sp³-hybridized carbons (Fsp3) is 0.421. The molecule has 1 aromatic rings. The summed E-state index contributed by atoms with van der Waals surface area (Å²) in [7, 11) is 0. The maximum absolute atomic E-state index is 14.4. The van der Waals surface area contributed by atoms with Gasteiger partial charge in [0.25, 0.3) is 11.8 Å². The van der Waals surface area contributed by atoms with Gasteiger partial charge in [-0.2, -0.15) is 0 Å². The molecule has 3 heterocycles. The van der Waals surface area contributed by atoms with Crippen LogP contribution in [0.15, 0.2) is 24.8 Å². The highest BCUT2D eigenvalue weighted by Crippen LogP contribution is 2.61. The van der Waals surface area contributed by atoms with Crippen molar-refractivity contribution >= 4 is 46.7 Å². The second kappa shape index (κ2) is 6.90. The van der Waals surface area contributed by atoms with Gasteiger partial charge < -0.3 is 15.2 Å². The molecule has 160 valence electrons. The zero-order valence-corrected chi connectivity index (χ0v) is 16.8. The van der Waals surface area contributed by atoms with Gasteiger partial charge in [0.05, 0.1) is 23.2 Å². The van der Waals surface area contributed by atoms with Crippen LogP contribution in [0.2, 0.25) is 10.0 Å². The third-order valence-corrected chi connectivity index (χ3v) is 6.44. The second-order valence-electron chi connectivity index (χ2n) is 7.55. The topological polar surface area (TPSA) is 95.9 Å². The Labute approximate surface area is 179 Å². The number of amides is 1. The first-order valence-corrected chi connectivity index (χ1v) is 9.76. The zero-order chi connectivity index (χ0) is 22.0. The number of nitrogens with one attached hydrogen (secondary N) is 1. The maximum atomic E-state index is 14.4. The first-order valence-electron chi connectivity index (χ1n) is 9.00. The van der Waals surface area contributed by atoms with Crippen molar-refractivity contribution in [3.63, 3.8) is 0 Å². The summed E-state index contributed by atoms with van der Waals surface area (Å²) in [4.78, 5) is 39.6. The van der Waals surface area contributed by atoms with Crippen LogP contribution in [0.25, 0.3) is 0 Å². The minimum absolute atomic E-state index is 0.0437. The van der Waals surface area contributed by atoms with Gasteiger partial charge in [0.15, 0.2) is 0 Å². The molecule has 4 rings (SSSR count). The number of carboxylic acid groups (broad SMARTS) is 1. The number of ether oxygens (including phenoxy) is 1. The normalized spacial score (nSPS) is 31.3. The predicted octanol–water partition coefficient (Wildman–Crippen LogP) is 2.91. The van der Waals surface area contributed by atoms with Crippen LogP contribution < -0.4 is 5.32 Å². The van der Waals surface area contributed by atoms with Crippen LogP contribution in [-0.2, 0) is 24.7 Å². The van der Waals surface area contributed by atoms with Crippen molar-refractivity contribution in [3.8, 4) is 0 Å². The molecule has 11 heteroatoms. The minimum atomic E-state index is -3.24. The molecular weight excluding hydrogens is 445 g/mol. The Hall–Kier alpha value is -2.23. The Kier molecular flexibility index (Phi) is 4.83. The fourth-order valence-electron chi connectivity index (χ4n) is 5.00. The molecule has 4 atom stereocenters. The molecule has 1 spiro atoms. The van der Waals surface area contributed by atoms with E-state index in [0.717, 1.165) is 4.90 Å². The van der Waals surface area contributed by atoms with Gasteiger partial charge >= 0.3 is 11.9 Å². The molecule has 0 radical (unpaired) electrons. The molecule has 30 heavy (non-hydrogen) atoms. The predicted molar refractivity (Wildman–Crippen MR) is 103 cm³/mol. The largest absolute Gasteiger partial charge is 0.481 e. The van der Waals surface area contributed by atoms with E-state index in [1.807, 2.05) is 0 Å². The highest BCUT2D eigenvalue weighted by atomic mass is 35.5. The van der Waals surface area contributed by atoms with E-state index < -0.39 is 60.2 Å². The van der Waals surface area contributed by atoms with Gasteiger partial charge in [-0.3, -0.25) is 19.3 Å². The zero-order valence-electron chi connectivity index (χ0n) is 15.3. The molecule has 3 aliphatic heterocycles. The number of rotatable bonds is 4. The summed E-state index contributed by atoms with van der Waals surface area (Å²) >= 11 is 12.3. The number of anilines is 1. The number of hydrogen-bond donors (Lipinski definition) is 2. The maximum Gasteiger partial charge on any atom is 0.313 e. The number of alkyl halides is 2. The number of halogens is 4. The van der Waals surface area contributed by atoms with Crippen LogP contribution in [0.3, 0.4) is 0 Å².